The molecule has 0 saturated heterocycles. The fourth-order valence-corrected chi connectivity index (χ4v) is 2.86. The largest absolute Gasteiger partial charge is 0.341 e. The number of sulfonamides is 1. The number of nitrogens with zero attached hydrogens (tertiary/aromatic N) is 1. The molecule has 112 valence electrons. The average molecular weight is 298 g/mol. The Bertz CT molecular complexity index is 527. The third-order valence-electron chi connectivity index (χ3n) is 2.76. The van der Waals surface area contributed by atoms with Crippen molar-refractivity contribution in [2.45, 2.75) is 25.7 Å². The van der Waals surface area contributed by atoms with Crippen LogP contribution in [0, 0.1) is 5.92 Å². The average Bonchev–Trinajstić information content (AvgIpc) is 2.38. The van der Waals surface area contributed by atoms with Crippen LogP contribution >= 0.6 is 0 Å². The Morgan fingerprint density at radius 2 is 1.85 bits per heavy atom. The molecule has 0 aliphatic rings. The number of amides is 1. The van der Waals surface area contributed by atoms with Crippen molar-refractivity contribution in [2.24, 2.45) is 5.92 Å². The lowest BCUT2D eigenvalue weighted by molar-refractivity contribution is -0.129. The van der Waals surface area contributed by atoms with Crippen molar-refractivity contribution in [1.29, 1.82) is 0 Å². The van der Waals surface area contributed by atoms with E-state index in [1.54, 1.807) is 35.2 Å². The summed E-state index contributed by atoms with van der Waals surface area (Å²) in [6.45, 7) is 6.74. The summed E-state index contributed by atoms with van der Waals surface area (Å²) in [7, 11) is -3.50. The summed E-state index contributed by atoms with van der Waals surface area (Å²) in [5.41, 5.74) is 0. The van der Waals surface area contributed by atoms with Crippen molar-refractivity contribution in [1.82, 2.24) is 9.62 Å². The fourth-order valence-electron chi connectivity index (χ4n) is 1.82. The molecule has 0 radical (unpaired) electrons. The third-order valence-corrected chi connectivity index (χ3v) is 4.24. The summed E-state index contributed by atoms with van der Waals surface area (Å²) >= 11 is 0. The number of carbonyl (C=O) groups is 1. The van der Waals surface area contributed by atoms with Crippen LogP contribution < -0.4 is 4.72 Å². The predicted molar refractivity (Wildman–Crippen MR) is 78.7 cm³/mol. The monoisotopic (exact) mass is 298 g/mol. The van der Waals surface area contributed by atoms with Gasteiger partial charge in [0.15, 0.2) is 0 Å². The van der Waals surface area contributed by atoms with Gasteiger partial charge in [-0.2, -0.15) is 0 Å². The minimum absolute atomic E-state index is 0.0439. The topological polar surface area (TPSA) is 66.5 Å². The molecule has 0 saturated carbocycles. The lowest BCUT2D eigenvalue weighted by Gasteiger charge is -2.23. The van der Waals surface area contributed by atoms with Crippen molar-refractivity contribution in [3.05, 3.63) is 30.3 Å². The van der Waals surface area contributed by atoms with E-state index in [0.717, 1.165) is 0 Å². The molecule has 0 bridgehead atoms. The first-order valence-corrected chi connectivity index (χ1v) is 8.11. The first-order valence-electron chi connectivity index (χ1n) is 6.63. The molecular weight excluding hydrogens is 276 g/mol. The van der Waals surface area contributed by atoms with Crippen LogP contribution in [0.5, 0.6) is 0 Å². The molecule has 0 aliphatic heterocycles. The van der Waals surface area contributed by atoms with Gasteiger partial charge < -0.3 is 4.90 Å². The van der Waals surface area contributed by atoms with Gasteiger partial charge in [-0.1, -0.05) is 32.0 Å². The van der Waals surface area contributed by atoms with Gasteiger partial charge in [0.25, 0.3) is 0 Å². The predicted octanol–water partition coefficient (Wildman–Crippen LogP) is 1.47. The first-order chi connectivity index (χ1) is 9.33. The number of hydrogen-bond donors (Lipinski definition) is 1. The molecule has 0 aliphatic carbocycles. The lowest BCUT2D eigenvalue weighted by atomic mass is 10.2. The zero-order valence-electron chi connectivity index (χ0n) is 12.2. The molecule has 0 spiro atoms. The highest BCUT2D eigenvalue weighted by atomic mass is 32.2. The highest BCUT2D eigenvalue weighted by molar-refractivity contribution is 7.89. The summed E-state index contributed by atoms with van der Waals surface area (Å²) in [6, 6.07) is 8.20. The van der Waals surface area contributed by atoms with Gasteiger partial charge in [-0.25, -0.2) is 13.1 Å². The van der Waals surface area contributed by atoms with Gasteiger partial charge >= 0.3 is 0 Å². The van der Waals surface area contributed by atoms with E-state index in [0.29, 0.717) is 19.0 Å². The summed E-state index contributed by atoms with van der Waals surface area (Å²) < 4.78 is 26.5. The molecule has 0 aromatic heterocycles. The minimum Gasteiger partial charge on any atom is -0.341 e. The van der Waals surface area contributed by atoms with E-state index < -0.39 is 10.0 Å². The van der Waals surface area contributed by atoms with Crippen molar-refractivity contribution in [2.75, 3.05) is 19.6 Å². The van der Waals surface area contributed by atoms with E-state index in [1.165, 1.54) is 6.92 Å². The quantitative estimate of drug-likeness (QED) is 0.829. The molecule has 0 heterocycles. The highest BCUT2D eigenvalue weighted by Gasteiger charge is 2.15. The second-order valence-corrected chi connectivity index (χ2v) is 6.84. The maximum Gasteiger partial charge on any atom is 0.240 e. The summed E-state index contributed by atoms with van der Waals surface area (Å²) in [6.07, 6.45) is 0. The molecule has 6 heteroatoms. The third kappa shape index (κ3) is 5.30. The Morgan fingerprint density at radius 1 is 1.25 bits per heavy atom. The van der Waals surface area contributed by atoms with Crippen LogP contribution in [0.25, 0.3) is 0 Å². The molecule has 0 unspecified atom stereocenters. The van der Waals surface area contributed by atoms with Crippen LogP contribution in [0.4, 0.5) is 0 Å². The highest BCUT2D eigenvalue weighted by Crippen LogP contribution is 2.06. The Balaban J connectivity index is 2.56. The van der Waals surface area contributed by atoms with Crippen LogP contribution in [0.1, 0.15) is 20.8 Å². The van der Waals surface area contributed by atoms with Gasteiger partial charge in [-0.05, 0) is 18.1 Å². The van der Waals surface area contributed by atoms with Crippen molar-refractivity contribution < 1.29 is 13.2 Å². The SMILES string of the molecule is CC(=O)N(CCNS(=O)(=O)c1ccccc1)CC(C)C. The second-order valence-electron chi connectivity index (χ2n) is 5.07. The normalized spacial score (nSPS) is 11.6. The van der Waals surface area contributed by atoms with Gasteiger partial charge in [0, 0.05) is 26.6 Å². The smallest absolute Gasteiger partial charge is 0.240 e. The van der Waals surface area contributed by atoms with E-state index in [9.17, 15) is 13.2 Å². The van der Waals surface area contributed by atoms with Gasteiger partial charge in [0.05, 0.1) is 4.90 Å². The Morgan fingerprint density at radius 3 is 2.35 bits per heavy atom. The van der Waals surface area contributed by atoms with E-state index in [4.69, 9.17) is 0 Å². The minimum atomic E-state index is -3.50. The summed E-state index contributed by atoms with van der Waals surface area (Å²) in [5, 5.41) is 0. The molecule has 1 aromatic carbocycles. The number of benzene rings is 1. The van der Waals surface area contributed by atoms with Gasteiger partial charge in [-0.3, -0.25) is 4.79 Å². The Hall–Kier alpha value is -1.40. The summed E-state index contributed by atoms with van der Waals surface area (Å²) in [4.78, 5) is 13.3. The van der Waals surface area contributed by atoms with Crippen LogP contribution in [-0.4, -0.2) is 38.9 Å². The number of carbonyl (C=O) groups excluding carboxylic acids is 1. The van der Waals surface area contributed by atoms with Crippen molar-refractivity contribution >= 4 is 15.9 Å². The number of nitrogens with one attached hydrogen (secondary N) is 1. The van der Waals surface area contributed by atoms with E-state index >= 15 is 0 Å². The molecule has 20 heavy (non-hydrogen) atoms. The first kappa shape index (κ1) is 16.7. The zero-order valence-corrected chi connectivity index (χ0v) is 13.0. The maximum absolute atomic E-state index is 12.0. The number of hydrogen-bond acceptors (Lipinski definition) is 3. The number of rotatable bonds is 7. The molecule has 0 fully saturated rings. The molecule has 0 atom stereocenters. The van der Waals surface area contributed by atoms with Gasteiger partial charge in [-0.15, -0.1) is 0 Å². The van der Waals surface area contributed by atoms with Gasteiger partial charge in [0.1, 0.15) is 0 Å². The molecule has 1 rings (SSSR count). The van der Waals surface area contributed by atoms with Crippen LogP contribution in [-0.2, 0) is 14.8 Å². The van der Waals surface area contributed by atoms with Crippen LogP contribution in [0.2, 0.25) is 0 Å². The lowest BCUT2D eigenvalue weighted by Crippen LogP contribution is -2.39. The van der Waals surface area contributed by atoms with E-state index in [1.807, 2.05) is 13.8 Å². The van der Waals surface area contributed by atoms with E-state index in [2.05, 4.69) is 4.72 Å². The van der Waals surface area contributed by atoms with Crippen molar-refractivity contribution in [3.8, 4) is 0 Å². The molecule has 1 N–H and O–H groups in total. The van der Waals surface area contributed by atoms with Crippen molar-refractivity contribution in [3.63, 3.8) is 0 Å². The standard InChI is InChI=1S/C14H22N2O3S/c1-12(2)11-16(13(3)17)10-9-15-20(18,19)14-7-5-4-6-8-14/h4-8,12,15H,9-11H2,1-3H3. The molecular formula is C14H22N2O3S. The second kappa shape index (κ2) is 7.40. The molecule has 5 nitrogen and oxygen atoms in total. The molecule has 1 aromatic rings. The van der Waals surface area contributed by atoms with E-state index in [-0.39, 0.29) is 17.3 Å². The Kier molecular flexibility index (Phi) is 6.16. The maximum atomic E-state index is 12.0. The van der Waals surface area contributed by atoms with Crippen LogP contribution in [0.15, 0.2) is 35.2 Å². The zero-order chi connectivity index (χ0) is 15.2. The Labute approximate surface area is 121 Å². The fraction of sp³-hybridized carbons (Fsp3) is 0.500. The van der Waals surface area contributed by atoms with Crippen LogP contribution in [0.3, 0.4) is 0 Å². The summed E-state index contributed by atoms with van der Waals surface area (Å²) in [5.74, 6) is 0.308. The molecule has 1 amide bonds. The van der Waals surface area contributed by atoms with Gasteiger partial charge in [0.2, 0.25) is 15.9 Å².